The van der Waals surface area contributed by atoms with Gasteiger partial charge >= 0.3 is 0 Å². The molecule has 0 spiro atoms. The van der Waals surface area contributed by atoms with Gasteiger partial charge in [0.25, 0.3) is 5.91 Å². The molecule has 1 aromatic carbocycles. The fourth-order valence-electron chi connectivity index (χ4n) is 2.95. The van der Waals surface area contributed by atoms with E-state index in [1.165, 1.54) is 55.0 Å². The summed E-state index contributed by atoms with van der Waals surface area (Å²) < 4.78 is 29.6. The number of unbranched alkanes of at least 4 members (excludes halogenated alkanes) is 5. The maximum atomic E-state index is 12.7. The van der Waals surface area contributed by atoms with Crippen LogP contribution in [0.5, 0.6) is 0 Å². The van der Waals surface area contributed by atoms with E-state index in [0.29, 0.717) is 0 Å². The molecule has 0 aliphatic rings. The summed E-state index contributed by atoms with van der Waals surface area (Å²) in [5, 5.41) is 8.86. The molecule has 1 amide bonds. The van der Waals surface area contributed by atoms with Crippen LogP contribution < -0.4 is 10.2 Å². The number of amides is 1. The number of sulfonamides is 1. The van der Waals surface area contributed by atoms with E-state index < -0.39 is 22.0 Å². The first kappa shape index (κ1) is 25.1. The van der Waals surface area contributed by atoms with E-state index in [1.807, 2.05) is 0 Å². The summed E-state index contributed by atoms with van der Waals surface area (Å²) in [6.45, 7) is 5.61. The van der Waals surface area contributed by atoms with E-state index in [0.717, 1.165) is 26.7 Å². The summed E-state index contributed by atoms with van der Waals surface area (Å²) >= 11 is 3.18. The van der Waals surface area contributed by atoms with Gasteiger partial charge in [0.2, 0.25) is 10.0 Å². The standard InChI is InChI=1S/C20H31N3O4S3/c1-4-5-6-7-8-9-12-28-20-21-16-11-10-15(13-17(16)29-20)30(26,27)23-18(14(2)3)19(24)22-25/h10-11,13-14,18,23,25H,4-9,12H2,1-3H3,(H,22,24)/t18-/m1/s1. The lowest BCUT2D eigenvalue weighted by molar-refractivity contribution is -0.131. The number of hydrogen-bond donors (Lipinski definition) is 3. The number of thiazole rings is 1. The number of benzene rings is 1. The predicted octanol–water partition coefficient (Wildman–Crippen LogP) is 4.56. The lowest BCUT2D eigenvalue weighted by Gasteiger charge is -2.20. The quantitative estimate of drug-likeness (QED) is 0.170. The van der Waals surface area contributed by atoms with Crippen LogP contribution in [0.25, 0.3) is 10.2 Å². The highest BCUT2D eigenvalue weighted by atomic mass is 32.2. The van der Waals surface area contributed by atoms with Crippen LogP contribution in [0.4, 0.5) is 0 Å². The molecule has 168 valence electrons. The molecular weight excluding hydrogens is 442 g/mol. The number of carbonyl (C=O) groups excluding carboxylic acids is 1. The molecule has 0 unspecified atom stereocenters. The van der Waals surface area contributed by atoms with Crippen LogP contribution in [-0.2, 0) is 14.8 Å². The van der Waals surface area contributed by atoms with Gasteiger partial charge in [-0.3, -0.25) is 10.0 Å². The molecule has 0 fully saturated rings. The summed E-state index contributed by atoms with van der Waals surface area (Å²) in [4.78, 5) is 16.4. The van der Waals surface area contributed by atoms with Crippen molar-refractivity contribution in [3.8, 4) is 0 Å². The van der Waals surface area contributed by atoms with Crippen molar-refractivity contribution >= 4 is 49.2 Å². The minimum absolute atomic E-state index is 0.0718. The van der Waals surface area contributed by atoms with Gasteiger partial charge in [0.15, 0.2) is 4.34 Å². The molecule has 1 atom stereocenters. The normalized spacial score (nSPS) is 13.1. The van der Waals surface area contributed by atoms with E-state index in [4.69, 9.17) is 5.21 Å². The zero-order chi connectivity index (χ0) is 22.1. The molecule has 2 rings (SSSR count). The molecule has 1 aromatic heterocycles. The molecule has 2 aromatic rings. The number of hydroxylamine groups is 1. The maximum Gasteiger partial charge on any atom is 0.261 e. The summed E-state index contributed by atoms with van der Waals surface area (Å²) in [6, 6.07) is 3.69. The Labute approximate surface area is 187 Å². The summed E-state index contributed by atoms with van der Waals surface area (Å²) in [6.07, 6.45) is 7.50. The highest BCUT2D eigenvalue weighted by Crippen LogP contribution is 2.31. The second-order valence-electron chi connectivity index (χ2n) is 7.54. The van der Waals surface area contributed by atoms with Gasteiger partial charge in [-0.2, -0.15) is 4.72 Å². The second-order valence-corrected chi connectivity index (χ2v) is 11.6. The fourth-order valence-corrected chi connectivity index (χ4v) is 6.57. The Balaban J connectivity index is 2.03. The smallest absolute Gasteiger partial charge is 0.261 e. The number of carbonyl (C=O) groups is 1. The molecule has 3 N–H and O–H groups in total. The van der Waals surface area contributed by atoms with Gasteiger partial charge < -0.3 is 0 Å². The molecule has 0 saturated carbocycles. The molecule has 0 saturated heterocycles. The number of nitrogens with one attached hydrogen (secondary N) is 2. The van der Waals surface area contributed by atoms with Crippen LogP contribution in [-0.4, -0.2) is 36.3 Å². The third-order valence-corrected chi connectivity index (χ3v) is 8.40. The first-order valence-corrected chi connectivity index (χ1v) is 13.6. The van der Waals surface area contributed by atoms with Crippen LogP contribution in [0.3, 0.4) is 0 Å². The molecular formula is C20H31N3O4S3. The molecule has 0 bridgehead atoms. The van der Waals surface area contributed by atoms with Crippen molar-refractivity contribution in [2.75, 3.05) is 5.75 Å². The monoisotopic (exact) mass is 473 g/mol. The van der Waals surface area contributed by atoms with Crippen molar-refractivity contribution in [3.63, 3.8) is 0 Å². The average molecular weight is 474 g/mol. The summed E-state index contributed by atoms with van der Waals surface area (Å²) in [5.41, 5.74) is 2.28. The van der Waals surface area contributed by atoms with Crippen LogP contribution in [0, 0.1) is 5.92 Å². The molecule has 10 heteroatoms. The molecule has 7 nitrogen and oxygen atoms in total. The van der Waals surface area contributed by atoms with E-state index in [-0.39, 0.29) is 10.8 Å². The summed E-state index contributed by atoms with van der Waals surface area (Å²) in [5.74, 6) is -0.116. The number of rotatable bonds is 13. The molecule has 0 radical (unpaired) electrons. The van der Waals surface area contributed by atoms with Crippen molar-refractivity contribution < 1.29 is 18.4 Å². The number of hydrogen-bond acceptors (Lipinski definition) is 7. The molecule has 30 heavy (non-hydrogen) atoms. The summed E-state index contributed by atoms with van der Waals surface area (Å²) in [7, 11) is -3.92. The number of aromatic nitrogens is 1. The van der Waals surface area contributed by atoms with Gasteiger partial charge in [0.1, 0.15) is 6.04 Å². The van der Waals surface area contributed by atoms with E-state index in [1.54, 1.807) is 37.7 Å². The highest BCUT2D eigenvalue weighted by Gasteiger charge is 2.28. The van der Waals surface area contributed by atoms with Gasteiger partial charge in [0.05, 0.1) is 15.1 Å². The highest BCUT2D eigenvalue weighted by molar-refractivity contribution is 8.01. The van der Waals surface area contributed by atoms with E-state index in [2.05, 4.69) is 16.6 Å². The molecule has 0 aliphatic heterocycles. The van der Waals surface area contributed by atoms with Gasteiger partial charge in [-0.1, -0.05) is 64.6 Å². The van der Waals surface area contributed by atoms with Crippen LogP contribution in [0.1, 0.15) is 59.3 Å². The predicted molar refractivity (Wildman–Crippen MR) is 123 cm³/mol. The van der Waals surface area contributed by atoms with E-state index in [9.17, 15) is 13.2 Å². The Morgan fingerprint density at radius 1 is 1.20 bits per heavy atom. The molecule has 0 aliphatic carbocycles. The van der Waals surface area contributed by atoms with Crippen molar-refractivity contribution in [3.05, 3.63) is 18.2 Å². The van der Waals surface area contributed by atoms with Crippen LogP contribution in [0.2, 0.25) is 0 Å². The Morgan fingerprint density at radius 2 is 1.90 bits per heavy atom. The fraction of sp³-hybridized carbons (Fsp3) is 0.600. The van der Waals surface area contributed by atoms with Crippen molar-refractivity contribution in [1.29, 1.82) is 0 Å². The van der Waals surface area contributed by atoms with Crippen molar-refractivity contribution in [1.82, 2.24) is 15.2 Å². The van der Waals surface area contributed by atoms with Gasteiger partial charge in [-0.15, -0.1) is 11.3 Å². The largest absolute Gasteiger partial charge is 0.289 e. The molecule has 1 heterocycles. The zero-order valence-electron chi connectivity index (χ0n) is 17.7. The third-order valence-electron chi connectivity index (χ3n) is 4.72. The SMILES string of the molecule is CCCCCCCCSc1nc2ccc(S(=O)(=O)N[C@@H](C(=O)NO)C(C)C)cc2s1. The Morgan fingerprint density at radius 3 is 2.57 bits per heavy atom. The lowest BCUT2D eigenvalue weighted by atomic mass is 10.1. The van der Waals surface area contributed by atoms with Crippen molar-refractivity contribution in [2.45, 2.75) is 74.6 Å². The minimum Gasteiger partial charge on any atom is -0.289 e. The van der Waals surface area contributed by atoms with Crippen LogP contribution in [0.15, 0.2) is 27.4 Å². The second kappa shape index (κ2) is 12.0. The number of thioether (sulfide) groups is 1. The van der Waals surface area contributed by atoms with Gasteiger partial charge in [-0.05, 0) is 30.5 Å². The van der Waals surface area contributed by atoms with Crippen molar-refractivity contribution in [2.24, 2.45) is 5.92 Å². The maximum absolute atomic E-state index is 12.7. The number of nitrogens with zero attached hydrogens (tertiary/aromatic N) is 1. The Bertz CT molecular complexity index is 929. The topological polar surface area (TPSA) is 108 Å². The first-order valence-electron chi connectivity index (χ1n) is 10.3. The van der Waals surface area contributed by atoms with Gasteiger partial charge in [0, 0.05) is 5.75 Å². The average Bonchev–Trinajstić information content (AvgIpc) is 3.12. The first-order chi connectivity index (χ1) is 14.3. The lowest BCUT2D eigenvalue weighted by Crippen LogP contribution is -2.48. The minimum atomic E-state index is -3.92. The zero-order valence-corrected chi connectivity index (χ0v) is 20.1. The van der Waals surface area contributed by atoms with E-state index >= 15 is 0 Å². The van der Waals surface area contributed by atoms with Gasteiger partial charge in [-0.25, -0.2) is 18.9 Å². The van der Waals surface area contributed by atoms with Crippen LogP contribution >= 0.6 is 23.1 Å². The number of fused-ring (bicyclic) bond motifs is 1. The Hall–Kier alpha value is -1.20. The Kier molecular flexibility index (Phi) is 10.0. The third kappa shape index (κ3) is 7.19.